The topological polar surface area (TPSA) is 47.2 Å². The molecule has 21 heavy (non-hydrogen) atoms. The Bertz CT molecular complexity index is 660. The molecule has 1 aliphatic heterocycles. The van der Waals surface area contributed by atoms with Crippen molar-refractivity contribution in [1.29, 1.82) is 0 Å². The summed E-state index contributed by atoms with van der Waals surface area (Å²) in [6.45, 7) is 0.736. The Morgan fingerprint density at radius 1 is 1.29 bits per heavy atom. The number of aromatic nitrogens is 1. The van der Waals surface area contributed by atoms with E-state index in [-0.39, 0.29) is 17.6 Å². The Labute approximate surface area is 120 Å². The lowest BCUT2D eigenvalue weighted by Crippen LogP contribution is -2.41. The van der Waals surface area contributed by atoms with E-state index in [0.717, 1.165) is 19.0 Å². The van der Waals surface area contributed by atoms with E-state index in [2.05, 4.69) is 5.32 Å². The standard InChI is InChI=1S/C15H16F2N2O2/c16-11-5-10(6-12(17)8-11)7-13-9-14(1-3-18-13)19-15(20)2-4-21-19/h2,4-6,8,13-14,18H,1,3,7,9H2/t13-,14-/m1/s1. The zero-order valence-electron chi connectivity index (χ0n) is 11.4. The van der Waals surface area contributed by atoms with E-state index < -0.39 is 11.6 Å². The molecule has 4 nitrogen and oxygen atoms in total. The smallest absolute Gasteiger partial charge is 0.282 e. The lowest BCUT2D eigenvalue weighted by atomic mass is 9.94. The van der Waals surface area contributed by atoms with E-state index in [1.807, 2.05) is 0 Å². The van der Waals surface area contributed by atoms with Gasteiger partial charge < -0.3 is 9.84 Å². The molecule has 0 saturated carbocycles. The SMILES string of the molecule is O=c1ccon1[C@@H]1CCN[C@H](Cc2cc(F)cc(F)c2)C1. The first-order chi connectivity index (χ1) is 10.1. The van der Waals surface area contributed by atoms with Crippen LogP contribution in [0.2, 0.25) is 0 Å². The van der Waals surface area contributed by atoms with Crippen molar-refractivity contribution in [3.05, 3.63) is 58.1 Å². The van der Waals surface area contributed by atoms with Crippen molar-refractivity contribution in [2.24, 2.45) is 0 Å². The fourth-order valence-electron chi connectivity index (χ4n) is 2.91. The minimum atomic E-state index is -0.570. The number of nitrogens with zero attached hydrogens (tertiary/aromatic N) is 1. The number of rotatable bonds is 3. The fraction of sp³-hybridized carbons (Fsp3) is 0.400. The molecule has 2 aromatic rings. The Morgan fingerprint density at radius 3 is 2.71 bits per heavy atom. The molecule has 1 aliphatic rings. The lowest BCUT2D eigenvalue weighted by molar-refractivity contribution is 0.161. The molecule has 0 amide bonds. The highest BCUT2D eigenvalue weighted by molar-refractivity contribution is 5.19. The number of benzene rings is 1. The summed E-state index contributed by atoms with van der Waals surface area (Å²) in [7, 11) is 0. The van der Waals surface area contributed by atoms with Crippen molar-refractivity contribution in [2.75, 3.05) is 6.54 Å². The second kappa shape index (κ2) is 5.81. The van der Waals surface area contributed by atoms with Crippen molar-refractivity contribution in [1.82, 2.24) is 10.1 Å². The average molecular weight is 294 g/mol. The minimum Gasteiger partial charge on any atom is -0.384 e. The van der Waals surface area contributed by atoms with E-state index in [4.69, 9.17) is 4.52 Å². The van der Waals surface area contributed by atoms with Crippen LogP contribution in [0.4, 0.5) is 8.78 Å². The van der Waals surface area contributed by atoms with Gasteiger partial charge in [-0.2, -0.15) is 4.74 Å². The maximum atomic E-state index is 13.2. The molecule has 112 valence electrons. The normalized spacial score (nSPS) is 22.4. The summed E-state index contributed by atoms with van der Waals surface area (Å²) in [5, 5.41) is 3.32. The number of halogens is 2. The van der Waals surface area contributed by atoms with E-state index in [9.17, 15) is 13.6 Å². The second-order valence-corrected chi connectivity index (χ2v) is 5.38. The highest BCUT2D eigenvalue weighted by Gasteiger charge is 2.25. The van der Waals surface area contributed by atoms with Crippen LogP contribution in [0.1, 0.15) is 24.4 Å². The van der Waals surface area contributed by atoms with E-state index in [1.54, 1.807) is 0 Å². The van der Waals surface area contributed by atoms with Gasteiger partial charge in [-0.25, -0.2) is 8.78 Å². The van der Waals surface area contributed by atoms with Crippen LogP contribution in [0, 0.1) is 11.6 Å². The van der Waals surface area contributed by atoms with Crippen LogP contribution in [0.5, 0.6) is 0 Å². The van der Waals surface area contributed by atoms with Crippen LogP contribution in [0.15, 0.2) is 39.8 Å². The van der Waals surface area contributed by atoms with Crippen molar-refractivity contribution in [3.8, 4) is 0 Å². The van der Waals surface area contributed by atoms with Gasteiger partial charge in [-0.05, 0) is 43.5 Å². The van der Waals surface area contributed by atoms with Gasteiger partial charge in [0.2, 0.25) is 0 Å². The Morgan fingerprint density at radius 2 is 2.05 bits per heavy atom. The maximum Gasteiger partial charge on any atom is 0.282 e. The predicted octanol–water partition coefficient (Wildman–Crippen LogP) is 2.26. The highest BCUT2D eigenvalue weighted by Crippen LogP contribution is 2.23. The maximum absolute atomic E-state index is 13.2. The second-order valence-electron chi connectivity index (χ2n) is 5.38. The van der Waals surface area contributed by atoms with Crippen LogP contribution < -0.4 is 10.9 Å². The van der Waals surface area contributed by atoms with Gasteiger partial charge in [-0.1, -0.05) is 0 Å². The van der Waals surface area contributed by atoms with Crippen molar-refractivity contribution >= 4 is 0 Å². The van der Waals surface area contributed by atoms with Crippen LogP contribution in [-0.2, 0) is 6.42 Å². The predicted molar refractivity (Wildman–Crippen MR) is 73.1 cm³/mol. The number of hydrogen-bond donors (Lipinski definition) is 1. The summed E-state index contributed by atoms with van der Waals surface area (Å²) in [5.74, 6) is -1.14. The quantitative estimate of drug-likeness (QED) is 0.944. The van der Waals surface area contributed by atoms with Crippen LogP contribution in [0.3, 0.4) is 0 Å². The number of nitrogens with one attached hydrogen (secondary N) is 1. The third kappa shape index (κ3) is 3.21. The van der Waals surface area contributed by atoms with E-state index >= 15 is 0 Å². The van der Waals surface area contributed by atoms with Gasteiger partial charge in [0.05, 0.1) is 6.04 Å². The van der Waals surface area contributed by atoms with Crippen molar-refractivity contribution in [2.45, 2.75) is 31.3 Å². The zero-order valence-corrected chi connectivity index (χ0v) is 11.4. The molecule has 1 aromatic carbocycles. The number of hydrogen-bond acceptors (Lipinski definition) is 3. The monoisotopic (exact) mass is 294 g/mol. The molecular weight excluding hydrogens is 278 g/mol. The lowest BCUT2D eigenvalue weighted by Gasteiger charge is -2.29. The van der Waals surface area contributed by atoms with Crippen molar-refractivity contribution in [3.63, 3.8) is 0 Å². The molecular formula is C15H16F2N2O2. The first kappa shape index (κ1) is 14.0. The summed E-state index contributed by atoms with van der Waals surface area (Å²) < 4.78 is 33.0. The summed E-state index contributed by atoms with van der Waals surface area (Å²) in [4.78, 5) is 11.6. The molecule has 2 atom stereocenters. The van der Waals surface area contributed by atoms with Gasteiger partial charge in [-0.15, -0.1) is 0 Å². The highest BCUT2D eigenvalue weighted by atomic mass is 19.1. The molecule has 6 heteroatoms. The molecule has 0 spiro atoms. The molecule has 3 rings (SSSR count). The van der Waals surface area contributed by atoms with E-state index in [0.29, 0.717) is 18.4 Å². The van der Waals surface area contributed by atoms with Gasteiger partial charge in [0.15, 0.2) is 0 Å². The first-order valence-electron chi connectivity index (χ1n) is 6.97. The Hall–Kier alpha value is -1.95. The number of piperidine rings is 1. The molecule has 0 radical (unpaired) electrons. The molecule has 0 aliphatic carbocycles. The van der Waals surface area contributed by atoms with Gasteiger partial charge in [0, 0.05) is 18.2 Å². The fourth-order valence-corrected chi connectivity index (χ4v) is 2.91. The molecule has 2 heterocycles. The van der Waals surface area contributed by atoms with Crippen LogP contribution in [0.25, 0.3) is 0 Å². The van der Waals surface area contributed by atoms with Crippen LogP contribution in [-0.4, -0.2) is 17.3 Å². The Kier molecular flexibility index (Phi) is 3.88. The Balaban J connectivity index is 1.71. The third-order valence-electron chi connectivity index (χ3n) is 3.81. The van der Waals surface area contributed by atoms with Crippen molar-refractivity contribution < 1.29 is 13.3 Å². The van der Waals surface area contributed by atoms with Gasteiger partial charge in [0.1, 0.15) is 17.9 Å². The molecule has 0 bridgehead atoms. The third-order valence-corrected chi connectivity index (χ3v) is 3.81. The first-order valence-corrected chi connectivity index (χ1v) is 6.97. The molecule has 1 saturated heterocycles. The molecule has 1 fully saturated rings. The zero-order chi connectivity index (χ0) is 14.8. The van der Waals surface area contributed by atoms with Gasteiger partial charge in [0.25, 0.3) is 5.56 Å². The summed E-state index contributed by atoms with van der Waals surface area (Å²) in [6, 6.07) is 4.97. The average Bonchev–Trinajstić information content (AvgIpc) is 2.84. The summed E-state index contributed by atoms with van der Waals surface area (Å²) in [6.07, 6.45) is 3.37. The minimum absolute atomic E-state index is 0.0165. The molecule has 1 aromatic heterocycles. The summed E-state index contributed by atoms with van der Waals surface area (Å²) in [5.41, 5.74) is 0.454. The molecule has 0 unspecified atom stereocenters. The van der Waals surface area contributed by atoms with Crippen LogP contribution >= 0.6 is 0 Å². The summed E-state index contributed by atoms with van der Waals surface area (Å²) >= 11 is 0. The van der Waals surface area contributed by atoms with Gasteiger partial charge >= 0.3 is 0 Å². The van der Waals surface area contributed by atoms with E-state index in [1.165, 1.54) is 29.2 Å². The van der Waals surface area contributed by atoms with Gasteiger partial charge in [-0.3, -0.25) is 4.79 Å². The molecule has 1 N–H and O–H groups in total. The largest absolute Gasteiger partial charge is 0.384 e.